The van der Waals surface area contributed by atoms with E-state index in [1.807, 2.05) is 19.9 Å². The van der Waals surface area contributed by atoms with Crippen LogP contribution in [0.4, 0.5) is 0 Å². The zero-order valence-corrected chi connectivity index (χ0v) is 19.9. The molecule has 2 aromatic rings. The van der Waals surface area contributed by atoms with Gasteiger partial charge in [0.05, 0.1) is 13.0 Å². The first-order valence-electron chi connectivity index (χ1n) is 11.6. The number of hydrogen-bond acceptors (Lipinski definition) is 10. The minimum atomic E-state index is -1.66. The molecule has 1 fully saturated rings. The lowest BCUT2D eigenvalue weighted by Crippen LogP contribution is -2.60. The van der Waals surface area contributed by atoms with Crippen molar-refractivity contribution in [1.82, 2.24) is 0 Å². The molecule has 6 atom stereocenters. The molecule has 0 radical (unpaired) electrons. The van der Waals surface area contributed by atoms with Crippen molar-refractivity contribution in [3.8, 4) is 23.0 Å². The number of aliphatic hydroxyl groups is 4. The van der Waals surface area contributed by atoms with Gasteiger partial charge in [-0.3, -0.25) is 4.79 Å². The summed E-state index contributed by atoms with van der Waals surface area (Å²) in [6.07, 6.45) is -6.14. The number of benzene rings is 2. The first-order chi connectivity index (χ1) is 17.1. The first-order valence-corrected chi connectivity index (χ1v) is 11.6. The average molecular weight is 503 g/mol. The van der Waals surface area contributed by atoms with E-state index in [1.165, 1.54) is 18.2 Å². The van der Waals surface area contributed by atoms with E-state index < -0.39 is 43.4 Å². The Morgan fingerprint density at radius 3 is 2.42 bits per heavy atom. The monoisotopic (exact) mass is 502 g/mol. The molecule has 0 amide bonds. The molecule has 0 spiro atoms. The summed E-state index contributed by atoms with van der Waals surface area (Å²) in [7, 11) is 0. The molecule has 2 aliphatic heterocycles. The molecule has 36 heavy (non-hydrogen) atoms. The molecular weight excluding hydrogens is 472 g/mol. The molecule has 194 valence electrons. The fourth-order valence-electron chi connectivity index (χ4n) is 4.29. The third-order valence-corrected chi connectivity index (χ3v) is 6.30. The molecule has 10 heteroatoms. The number of rotatable bonds is 6. The number of phenolic OH excluding ortho intramolecular Hbond substituents is 2. The van der Waals surface area contributed by atoms with Gasteiger partial charge in [-0.05, 0) is 38.0 Å². The minimum Gasteiger partial charge on any atom is -0.508 e. The maximum atomic E-state index is 13.1. The number of ether oxygens (including phenoxy) is 3. The smallest absolute Gasteiger partial charge is 0.229 e. The van der Waals surface area contributed by atoms with Crippen molar-refractivity contribution >= 4 is 5.78 Å². The second-order valence-corrected chi connectivity index (χ2v) is 9.20. The Hall–Kier alpha value is -3.15. The van der Waals surface area contributed by atoms with Crippen molar-refractivity contribution in [2.45, 2.75) is 63.5 Å². The van der Waals surface area contributed by atoms with Crippen LogP contribution < -0.4 is 9.47 Å². The zero-order chi connectivity index (χ0) is 26.1. The predicted molar refractivity (Wildman–Crippen MR) is 126 cm³/mol. The topological polar surface area (TPSA) is 166 Å². The predicted octanol–water partition coefficient (Wildman–Crippen LogP) is 1.49. The van der Waals surface area contributed by atoms with E-state index in [4.69, 9.17) is 14.2 Å². The van der Waals surface area contributed by atoms with Crippen LogP contribution in [0.2, 0.25) is 0 Å². The second-order valence-electron chi connectivity index (χ2n) is 9.20. The van der Waals surface area contributed by atoms with E-state index in [2.05, 4.69) is 0 Å². The van der Waals surface area contributed by atoms with E-state index in [1.54, 1.807) is 12.1 Å². The van der Waals surface area contributed by atoms with Crippen molar-refractivity contribution < 1.29 is 49.6 Å². The molecule has 2 aromatic carbocycles. The lowest BCUT2D eigenvalue weighted by atomic mass is 9.92. The summed E-state index contributed by atoms with van der Waals surface area (Å²) in [4.78, 5) is 13.1. The molecule has 0 aromatic heterocycles. The number of carbonyl (C=O) groups is 1. The molecule has 10 nitrogen and oxygen atoms in total. The minimum absolute atomic E-state index is 0.00309. The molecular formula is C26H30O10. The molecule has 2 heterocycles. The Labute approximate surface area is 207 Å². The number of fused-ring (bicyclic) bond motifs is 1. The summed E-state index contributed by atoms with van der Waals surface area (Å²) in [5, 5.41) is 60.4. The number of allylic oxidation sites excluding steroid dienone is 2. The van der Waals surface area contributed by atoms with Crippen LogP contribution in [0.15, 0.2) is 42.0 Å². The van der Waals surface area contributed by atoms with Gasteiger partial charge in [-0.15, -0.1) is 0 Å². The molecule has 0 saturated carbocycles. The van der Waals surface area contributed by atoms with Gasteiger partial charge in [0.1, 0.15) is 59.1 Å². The van der Waals surface area contributed by atoms with Crippen molar-refractivity contribution in [2.24, 2.45) is 0 Å². The van der Waals surface area contributed by atoms with Gasteiger partial charge in [0.15, 0.2) is 5.78 Å². The zero-order valence-electron chi connectivity index (χ0n) is 19.9. The summed E-state index contributed by atoms with van der Waals surface area (Å²) in [6, 6.07) is 7.47. The van der Waals surface area contributed by atoms with Gasteiger partial charge in [-0.2, -0.15) is 0 Å². The fraction of sp³-hybridized carbons (Fsp3) is 0.423. The normalized spacial score (nSPS) is 27.7. The molecule has 0 bridgehead atoms. The Morgan fingerprint density at radius 2 is 1.78 bits per heavy atom. The van der Waals surface area contributed by atoms with Gasteiger partial charge in [-0.25, -0.2) is 0 Å². The van der Waals surface area contributed by atoms with Gasteiger partial charge in [0.2, 0.25) is 6.29 Å². The van der Waals surface area contributed by atoms with Crippen LogP contribution in [0, 0.1) is 0 Å². The standard InChI is InChI=1S/C26H30O10/c1-12(2)3-8-15-19(35-26-24(33)23(32)22(31)20(11-27)36-26)10-17(30)21-16(29)9-18(34-25(15)21)13-4-6-14(28)7-5-13/h3-7,10,18,20,22-24,26-28,30-33H,8-9,11H2,1-2H3/t18-,20+,22+,23-,24+,26+/m1/s1. The van der Waals surface area contributed by atoms with E-state index in [-0.39, 0.29) is 47.2 Å². The van der Waals surface area contributed by atoms with E-state index in [0.29, 0.717) is 11.1 Å². The Bertz CT molecular complexity index is 1140. The van der Waals surface area contributed by atoms with Gasteiger partial charge in [-0.1, -0.05) is 23.8 Å². The number of carbonyl (C=O) groups excluding carboxylic acids is 1. The highest BCUT2D eigenvalue weighted by Crippen LogP contribution is 2.46. The van der Waals surface area contributed by atoms with Crippen LogP contribution in [-0.4, -0.2) is 73.7 Å². The largest absolute Gasteiger partial charge is 0.508 e. The maximum Gasteiger partial charge on any atom is 0.229 e. The van der Waals surface area contributed by atoms with E-state index >= 15 is 0 Å². The van der Waals surface area contributed by atoms with Crippen LogP contribution in [-0.2, 0) is 11.2 Å². The van der Waals surface area contributed by atoms with Crippen LogP contribution in [0.25, 0.3) is 0 Å². The molecule has 2 aliphatic rings. The quantitative estimate of drug-likeness (QED) is 0.319. The summed E-state index contributed by atoms with van der Waals surface area (Å²) < 4.78 is 17.5. The third-order valence-electron chi connectivity index (χ3n) is 6.30. The highest BCUT2D eigenvalue weighted by molar-refractivity contribution is 6.03. The first kappa shape index (κ1) is 25.9. The van der Waals surface area contributed by atoms with Crippen molar-refractivity contribution in [2.75, 3.05) is 6.61 Å². The number of hydrogen-bond donors (Lipinski definition) is 6. The Balaban J connectivity index is 1.76. The summed E-state index contributed by atoms with van der Waals surface area (Å²) >= 11 is 0. The van der Waals surface area contributed by atoms with Gasteiger partial charge in [0, 0.05) is 11.6 Å². The Morgan fingerprint density at radius 1 is 1.08 bits per heavy atom. The molecule has 0 unspecified atom stereocenters. The fourth-order valence-corrected chi connectivity index (χ4v) is 4.29. The third kappa shape index (κ3) is 5.04. The number of Topliss-reactive ketones (excluding diaryl/α,β-unsaturated/α-hetero) is 1. The van der Waals surface area contributed by atoms with Gasteiger partial charge < -0.3 is 44.8 Å². The van der Waals surface area contributed by atoms with Crippen LogP contribution in [0.5, 0.6) is 23.0 Å². The molecule has 6 N–H and O–H groups in total. The van der Waals surface area contributed by atoms with Crippen LogP contribution in [0.1, 0.15) is 47.9 Å². The van der Waals surface area contributed by atoms with Gasteiger partial charge >= 0.3 is 0 Å². The summed E-state index contributed by atoms with van der Waals surface area (Å²) in [6.45, 7) is 3.14. The van der Waals surface area contributed by atoms with Crippen molar-refractivity contribution in [3.63, 3.8) is 0 Å². The lowest BCUT2D eigenvalue weighted by Gasteiger charge is -2.40. The average Bonchev–Trinajstić information content (AvgIpc) is 2.83. The Kier molecular flexibility index (Phi) is 7.53. The molecule has 4 rings (SSSR count). The second kappa shape index (κ2) is 10.5. The number of aromatic hydroxyl groups is 2. The van der Waals surface area contributed by atoms with E-state index in [9.17, 15) is 35.4 Å². The lowest BCUT2D eigenvalue weighted by molar-refractivity contribution is -0.277. The summed E-state index contributed by atoms with van der Waals surface area (Å²) in [5.74, 6) is -0.517. The van der Waals surface area contributed by atoms with Crippen LogP contribution >= 0.6 is 0 Å². The maximum absolute atomic E-state index is 13.1. The highest BCUT2D eigenvalue weighted by Gasteiger charge is 2.45. The van der Waals surface area contributed by atoms with Crippen molar-refractivity contribution in [1.29, 1.82) is 0 Å². The summed E-state index contributed by atoms with van der Waals surface area (Å²) in [5.41, 5.74) is 2.02. The highest BCUT2D eigenvalue weighted by atomic mass is 16.7. The van der Waals surface area contributed by atoms with Crippen molar-refractivity contribution in [3.05, 3.63) is 58.7 Å². The SMILES string of the molecule is CC(C)=CCc1c(O[C@H]2O[C@@H](CO)[C@H](O)[C@@H](O)[C@@H]2O)cc(O)c2c1O[C@@H](c1ccc(O)cc1)CC2=O. The molecule has 0 aliphatic carbocycles. The number of ketones is 1. The molecule has 1 saturated heterocycles. The van der Waals surface area contributed by atoms with Gasteiger partial charge in [0.25, 0.3) is 0 Å². The van der Waals surface area contributed by atoms with E-state index in [0.717, 1.165) is 5.57 Å². The number of aliphatic hydroxyl groups excluding tert-OH is 4. The van der Waals surface area contributed by atoms with Crippen LogP contribution in [0.3, 0.4) is 0 Å². The number of phenols is 2.